The topological polar surface area (TPSA) is 0 Å². The van der Waals surface area contributed by atoms with Crippen molar-refractivity contribution in [2.75, 3.05) is 6.66 Å². The second kappa shape index (κ2) is 4.62. The molecule has 0 spiro atoms. The minimum atomic E-state index is 0.941. The predicted molar refractivity (Wildman–Crippen MR) is 59.1 cm³/mol. The molecule has 0 amide bonds. The van der Waals surface area contributed by atoms with Gasteiger partial charge in [0.1, 0.15) is 0 Å². The molecule has 1 aromatic rings. The van der Waals surface area contributed by atoms with Crippen LogP contribution in [-0.2, 0) is 12.8 Å². The molecule has 1 atom stereocenters. The molecule has 0 N–H and O–H groups in total. The second-order valence-electron chi connectivity index (χ2n) is 2.91. The normalized spacial score (nSPS) is 11.2. The third-order valence-electron chi connectivity index (χ3n) is 2.25. The summed E-state index contributed by atoms with van der Waals surface area (Å²) in [5, 5.41) is 1.60. The van der Waals surface area contributed by atoms with E-state index in [1.807, 2.05) is 0 Å². The highest BCUT2D eigenvalue weighted by Crippen LogP contribution is 2.14. The lowest BCUT2D eigenvalue weighted by molar-refractivity contribution is 1.11. The zero-order chi connectivity index (χ0) is 8.97. The van der Waals surface area contributed by atoms with E-state index in [-0.39, 0.29) is 0 Å². The fourth-order valence-electron chi connectivity index (χ4n) is 1.56. The summed E-state index contributed by atoms with van der Waals surface area (Å²) in [7, 11) is 0.941. The van der Waals surface area contributed by atoms with Gasteiger partial charge >= 0.3 is 0 Å². The van der Waals surface area contributed by atoms with Crippen LogP contribution in [-0.4, -0.2) is 6.66 Å². The van der Waals surface area contributed by atoms with Crippen molar-refractivity contribution in [3.8, 4) is 0 Å². The standard InChI is InChI=1S/C11H17P/c1-4-9-7-6-8-10(5-2)11(9)12-3/h6-8,12H,4-5H2,1-3H3. The van der Waals surface area contributed by atoms with Gasteiger partial charge in [0.05, 0.1) is 0 Å². The summed E-state index contributed by atoms with van der Waals surface area (Å²) in [5.74, 6) is 0. The third kappa shape index (κ3) is 1.87. The fourth-order valence-corrected chi connectivity index (χ4v) is 2.73. The van der Waals surface area contributed by atoms with E-state index in [9.17, 15) is 0 Å². The van der Waals surface area contributed by atoms with Crippen molar-refractivity contribution in [3.05, 3.63) is 29.3 Å². The Balaban J connectivity index is 3.13. The number of hydrogen-bond acceptors (Lipinski definition) is 0. The Morgan fingerprint density at radius 2 is 1.58 bits per heavy atom. The van der Waals surface area contributed by atoms with Crippen molar-refractivity contribution < 1.29 is 0 Å². The molecule has 1 aromatic carbocycles. The monoisotopic (exact) mass is 180 g/mol. The van der Waals surface area contributed by atoms with Gasteiger partial charge < -0.3 is 0 Å². The lowest BCUT2D eigenvalue weighted by Gasteiger charge is -2.10. The van der Waals surface area contributed by atoms with Gasteiger partial charge in [-0.3, -0.25) is 0 Å². The average Bonchev–Trinajstić information content (AvgIpc) is 2.16. The van der Waals surface area contributed by atoms with Gasteiger partial charge in [-0.1, -0.05) is 40.6 Å². The van der Waals surface area contributed by atoms with Gasteiger partial charge in [0, 0.05) is 0 Å². The van der Waals surface area contributed by atoms with Gasteiger partial charge in [-0.25, -0.2) is 0 Å². The van der Waals surface area contributed by atoms with Crippen LogP contribution in [0.4, 0.5) is 0 Å². The number of rotatable bonds is 3. The maximum Gasteiger partial charge on any atom is -0.0211 e. The predicted octanol–water partition coefficient (Wildman–Crippen LogP) is 2.75. The second-order valence-corrected chi connectivity index (χ2v) is 3.91. The van der Waals surface area contributed by atoms with Gasteiger partial charge in [0.2, 0.25) is 0 Å². The maximum absolute atomic E-state index is 2.27. The zero-order valence-corrected chi connectivity index (χ0v) is 9.15. The lowest BCUT2D eigenvalue weighted by Crippen LogP contribution is -2.08. The molecule has 0 bridgehead atoms. The lowest BCUT2D eigenvalue weighted by atomic mass is 10.1. The molecule has 66 valence electrons. The smallest absolute Gasteiger partial charge is 0.0211 e. The third-order valence-corrected chi connectivity index (χ3v) is 3.39. The van der Waals surface area contributed by atoms with Crippen molar-refractivity contribution in [3.63, 3.8) is 0 Å². The summed E-state index contributed by atoms with van der Waals surface area (Å²) in [6.45, 7) is 6.74. The van der Waals surface area contributed by atoms with Crippen LogP contribution in [0.3, 0.4) is 0 Å². The molecule has 0 aliphatic rings. The van der Waals surface area contributed by atoms with Crippen LogP contribution in [0.15, 0.2) is 18.2 Å². The Kier molecular flexibility index (Phi) is 3.75. The maximum atomic E-state index is 2.27. The molecule has 1 heteroatoms. The van der Waals surface area contributed by atoms with Crippen molar-refractivity contribution in [2.24, 2.45) is 0 Å². The van der Waals surface area contributed by atoms with Gasteiger partial charge in [-0.15, -0.1) is 0 Å². The molecular weight excluding hydrogens is 163 g/mol. The summed E-state index contributed by atoms with van der Waals surface area (Å²) in [5.41, 5.74) is 3.07. The van der Waals surface area contributed by atoms with Crippen molar-refractivity contribution >= 4 is 13.9 Å². The van der Waals surface area contributed by atoms with Crippen LogP contribution >= 0.6 is 8.58 Å². The molecule has 0 radical (unpaired) electrons. The Morgan fingerprint density at radius 1 is 1.08 bits per heavy atom. The molecule has 12 heavy (non-hydrogen) atoms. The quantitative estimate of drug-likeness (QED) is 0.627. The zero-order valence-electron chi connectivity index (χ0n) is 8.15. The Labute approximate surface area is 77.2 Å². The highest BCUT2D eigenvalue weighted by Gasteiger charge is 2.02. The largest absolute Gasteiger partial charge is 0.0930 e. The molecule has 0 aromatic heterocycles. The molecule has 0 heterocycles. The van der Waals surface area contributed by atoms with E-state index < -0.39 is 0 Å². The molecule has 0 nitrogen and oxygen atoms in total. The first kappa shape index (κ1) is 9.74. The number of aryl methyl sites for hydroxylation is 2. The fraction of sp³-hybridized carbons (Fsp3) is 0.455. The van der Waals surface area contributed by atoms with Crippen LogP contribution in [0.5, 0.6) is 0 Å². The van der Waals surface area contributed by atoms with Crippen LogP contribution in [0.2, 0.25) is 0 Å². The van der Waals surface area contributed by atoms with Crippen molar-refractivity contribution in [1.82, 2.24) is 0 Å². The summed E-state index contributed by atoms with van der Waals surface area (Å²) >= 11 is 0. The first-order valence-electron chi connectivity index (χ1n) is 4.62. The Hall–Kier alpha value is -0.350. The highest BCUT2D eigenvalue weighted by molar-refractivity contribution is 7.46. The van der Waals surface area contributed by atoms with Gasteiger partial charge in [-0.2, -0.15) is 0 Å². The van der Waals surface area contributed by atoms with Crippen LogP contribution in [0.25, 0.3) is 0 Å². The molecule has 1 rings (SSSR count). The van der Waals surface area contributed by atoms with Crippen LogP contribution in [0.1, 0.15) is 25.0 Å². The molecule has 0 aliphatic carbocycles. The summed E-state index contributed by atoms with van der Waals surface area (Å²) in [4.78, 5) is 0. The van der Waals surface area contributed by atoms with E-state index in [0.29, 0.717) is 0 Å². The molecule has 0 fully saturated rings. The van der Waals surface area contributed by atoms with Gasteiger partial charge in [0.25, 0.3) is 0 Å². The summed E-state index contributed by atoms with van der Waals surface area (Å²) in [6, 6.07) is 6.69. The first-order chi connectivity index (χ1) is 5.83. The van der Waals surface area contributed by atoms with Gasteiger partial charge in [-0.05, 0) is 35.9 Å². The van der Waals surface area contributed by atoms with Crippen LogP contribution < -0.4 is 5.30 Å². The minimum absolute atomic E-state index is 0.941. The molecular formula is C11H17P. The van der Waals surface area contributed by atoms with E-state index in [1.165, 1.54) is 24.0 Å². The van der Waals surface area contributed by atoms with E-state index >= 15 is 0 Å². The summed E-state index contributed by atoms with van der Waals surface area (Å²) in [6.07, 6.45) is 2.34. The minimum Gasteiger partial charge on any atom is -0.0930 e. The average molecular weight is 180 g/mol. The van der Waals surface area contributed by atoms with E-state index in [2.05, 4.69) is 38.7 Å². The van der Waals surface area contributed by atoms with E-state index in [0.717, 1.165) is 8.58 Å². The van der Waals surface area contributed by atoms with E-state index in [4.69, 9.17) is 0 Å². The molecule has 1 unspecified atom stereocenters. The van der Waals surface area contributed by atoms with E-state index in [1.54, 1.807) is 5.30 Å². The SMILES string of the molecule is CCc1cccc(CC)c1PC. The van der Waals surface area contributed by atoms with Gasteiger partial charge in [0.15, 0.2) is 0 Å². The molecule has 0 saturated heterocycles. The molecule has 0 aliphatic heterocycles. The Bertz CT molecular complexity index is 231. The molecule has 0 saturated carbocycles. The number of hydrogen-bond donors (Lipinski definition) is 0. The number of benzene rings is 1. The van der Waals surface area contributed by atoms with Crippen molar-refractivity contribution in [2.45, 2.75) is 26.7 Å². The first-order valence-corrected chi connectivity index (χ1v) is 6.12. The highest BCUT2D eigenvalue weighted by atomic mass is 31.1. The Morgan fingerprint density at radius 3 is 1.92 bits per heavy atom. The summed E-state index contributed by atoms with van der Waals surface area (Å²) < 4.78 is 0. The van der Waals surface area contributed by atoms with Crippen LogP contribution in [0, 0.1) is 0 Å². The van der Waals surface area contributed by atoms with Crippen molar-refractivity contribution in [1.29, 1.82) is 0 Å².